The second-order valence-corrected chi connectivity index (χ2v) is 9.65. The van der Waals surface area contributed by atoms with Gasteiger partial charge in [-0.2, -0.15) is 0 Å². The molecule has 2 heterocycles. The summed E-state index contributed by atoms with van der Waals surface area (Å²) in [7, 11) is 0. The molecular formula is C26H38N2O4. The summed E-state index contributed by atoms with van der Waals surface area (Å²) in [4.78, 5) is 31.6. The predicted molar refractivity (Wildman–Crippen MR) is 126 cm³/mol. The van der Waals surface area contributed by atoms with Crippen LogP contribution in [0.1, 0.15) is 79.2 Å². The highest BCUT2D eigenvalue weighted by Crippen LogP contribution is 2.50. The van der Waals surface area contributed by atoms with Gasteiger partial charge in [0, 0.05) is 30.3 Å². The van der Waals surface area contributed by atoms with Crippen LogP contribution in [-0.2, 0) is 15.0 Å². The SMILES string of the molecule is CC1=C(C(=O)O)C(CCCC(C)C)(c2cccnc2)C(C(=O)O)=C(C)N1CCCC(C)C. The van der Waals surface area contributed by atoms with E-state index in [2.05, 4.69) is 32.7 Å². The number of aromatic nitrogens is 1. The number of carboxylic acids is 2. The van der Waals surface area contributed by atoms with E-state index in [0.29, 0.717) is 48.2 Å². The number of pyridine rings is 1. The molecule has 0 saturated heterocycles. The van der Waals surface area contributed by atoms with Crippen molar-refractivity contribution in [2.45, 2.75) is 79.1 Å². The number of aliphatic carboxylic acids is 2. The zero-order chi connectivity index (χ0) is 24.1. The Morgan fingerprint density at radius 3 is 1.94 bits per heavy atom. The monoisotopic (exact) mass is 442 g/mol. The fourth-order valence-electron chi connectivity index (χ4n) is 5.01. The molecule has 1 aliphatic heterocycles. The van der Waals surface area contributed by atoms with E-state index in [1.54, 1.807) is 18.5 Å². The summed E-state index contributed by atoms with van der Waals surface area (Å²) in [6.45, 7) is 12.8. The number of carbonyl (C=O) groups is 2. The van der Waals surface area contributed by atoms with Gasteiger partial charge in [0.2, 0.25) is 0 Å². The average molecular weight is 443 g/mol. The number of allylic oxidation sites excluding steroid dienone is 2. The van der Waals surface area contributed by atoms with Crippen molar-refractivity contribution in [1.29, 1.82) is 0 Å². The molecule has 0 amide bonds. The molecule has 0 saturated carbocycles. The van der Waals surface area contributed by atoms with Gasteiger partial charge in [-0.3, -0.25) is 4.98 Å². The summed E-state index contributed by atoms with van der Waals surface area (Å²) in [6, 6.07) is 3.56. The van der Waals surface area contributed by atoms with E-state index < -0.39 is 17.4 Å². The topological polar surface area (TPSA) is 90.7 Å². The molecular weight excluding hydrogens is 404 g/mol. The Morgan fingerprint density at radius 2 is 1.50 bits per heavy atom. The fourth-order valence-corrected chi connectivity index (χ4v) is 5.01. The third-order valence-corrected chi connectivity index (χ3v) is 6.47. The highest BCUT2D eigenvalue weighted by atomic mass is 16.4. The summed E-state index contributed by atoms with van der Waals surface area (Å²) in [5.41, 5.74) is 0.931. The normalized spacial score (nSPS) is 16.3. The summed E-state index contributed by atoms with van der Waals surface area (Å²) in [5, 5.41) is 20.8. The van der Waals surface area contributed by atoms with E-state index in [9.17, 15) is 19.8 Å². The molecule has 2 rings (SSSR count). The van der Waals surface area contributed by atoms with Gasteiger partial charge >= 0.3 is 11.9 Å². The van der Waals surface area contributed by atoms with Gasteiger partial charge in [-0.1, -0.05) is 46.6 Å². The molecule has 2 N–H and O–H groups in total. The number of carboxylic acid groups (broad SMARTS) is 2. The molecule has 0 spiro atoms. The maximum absolute atomic E-state index is 12.7. The maximum atomic E-state index is 12.7. The summed E-state index contributed by atoms with van der Waals surface area (Å²) >= 11 is 0. The molecule has 0 radical (unpaired) electrons. The molecule has 6 nitrogen and oxygen atoms in total. The minimum Gasteiger partial charge on any atom is -0.478 e. The van der Waals surface area contributed by atoms with E-state index >= 15 is 0 Å². The van der Waals surface area contributed by atoms with E-state index in [4.69, 9.17) is 0 Å². The van der Waals surface area contributed by atoms with Crippen LogP contribution < -0.4 is 0 Å². The Balaban J connectivity index is 2.76. The van der Waals surface area contributed by atoms with Crippen LogP contribution >= 0.6 is 0 Å². The number of hydrogen-bond donors (Lipinski definition) is 2. The lowest BCUT2D eigenvalue weighted by molar-refractivity contribution is -0.134. The molecule has 0 atom stereocenters. The van der Waals surface area contributed by atoms with Crippen LogP contribution in [0.3, 0.4) is 0 Å². The van der Waals surface area contributed by atoms with Gasteiger partial charge in [-0.15, -0.1) is 0 Å². The van der Waals surface area contributed by atoms with E-state index in [1.165, 1.54) is 0 Å². The second kappa shape index (κ2) is 10.8. The Hall–Kier alpha value is -2.63. The first-order valence-corrected chi connectivity index (χ1v) is 11.6. The van der Waals surface area contributed by atoms with Gasteiger partial charge in [0.05, 0.1) is 16.6 Å². The van der Waals surface area contributed by atoms with Crippen LogP contribution in [-0.4, -0.2) is 38.6 Å². The third kappa shape index (κ3) is 5.22. The van der Waals surface area contributed by atoms with Crippen molar-refractivity contribution in [2.75, 3.05) is 6.54 Å². The van der Waals surface area contributed by atoms with Crippen LogP contribution in [0.4, 0.5) is 0 Å². The Morgan fingerprint density at radius 1 is 0.969 bits per heavy atom. The minimum atomic E-state index is -1.25. The Kier molecular flexibility index (Phi) is 8.65. The molecule has 1 aromatic rings. The highest BCUT2D eigenvalue weighted by molar-refractivity contribution is 6.00. The van der Waals surface area contributed by atoms with E-state index in [1.807, 2.05) is 24.8 Å². The zero-order valence-corrected chi connectivity index (χ0v) is 20.3. The molecule has 0 aromatic carbocycles. The molecule has 176 valence electrons. The first-order chi connectivity index (χ1) is 15.0. The summed E-state index contributed by atoms with van der Waals surface area (Å²) < 4.78 is 0. The predicted octanol–water partition coefficient (Wildman–Crippen LogP) is 5.61. The van der Waals surface area contributed by atoms with Crippen molar-refractivity contribution in [3.63, 3.8) is 0 Å². The maximum Gasteiger partial charge on any atom is 0.334 e. The molecule has 0 bridgehead atoms. The molecule has 1 aromatic heterocycles. The second-order valence-electron chi connectivity index (χ2n) is 9.65. The largest absolute Gasteiger partial charge is 0.478 e. The lowest BCUT2D eigenvalue weighted by atomic mass is 9.63. The number of rotatable bonds is 11. The van der Waals surface area contributed by atoms with Crippen LogP contribution in [0.5, 0.6) is 0 Å². The third-order valence-electron chi connectivity index (χ3n) is 6.47. The van der Waals surface area contributed by atoms with Gasteiger partial charge in [0.1, 0.15) is 0 Å². The molecule has 1 aliphatic rings. The number of hydrogen-bond acceptors (Lipinski definition) is 4. The van der Waals surface area contributed by atoms with Crippen molar-refractivity contribution in [3.05, 3.63) is 52.6 Å². The lowest BCUT2D eigenvalue weighted by Gasteiger charge is -2.45. The summed E-state index contributed by atoms with van der Waals surface area (Å²) in [6.07, 6.45) is 7.11. The smallest absolute Gasteiger partial charge is 0.334 e. The molecule has 6 heteroatoms. The number of nitrogens with zero attached hydrogens (tertiary/aromatic N) is 2. The van der Waals surface area contributed by atoms with Crippen LogP contribution in [0, 0.1) is 11.8 Å². The van der Waals surface area contributed by atoms with Crippen molar-refractivity contribution < 1.29 is 19.8 Å². The molecule has 0 aliphatic carbocycles. The van der Waals surface area contributed by atoms with Gasteiger partial charge in [0.25, 0.3) is 0 Å². The van der Waals surface area contributed by atoms with Crippen molar-refractivity contribution in [1.82, 2.24) is 9.88 Å². The quantitative estimate of drug-likeness (QED) is 0.462. The first kappa shape index (κ1) is 25.6. The fraction of sp³-hybridized carbons (Fsp3) is 0.577. The van der Waals surface area contributed by atoms with Gasteiger partial charge in [-0.25, -0.2) is 9.59 Å². The Labute approximate surface area is 192 Å². The van der Waals surface area contributed by atoms with Crippen LogP contribution in [0.15, 0.2) is 47.1 Å². The molecule has 0 unspecified atom stereocenters. The first-order valence-electron chi connectivity index (χ1n) is 11.6. The van der Waals surface area contributed by atoms with Crippen molar-refractivity contribution in [3.8, 4) is 0 Å². The minimum absolute atomic E-state index is 0.154. The van der Waals surface area contributed by atoms with Crippen LogP contribution in [0.2, 0.25) is 0 Å². The van der Waals surface area contributed by atoms with E-state index in [0.717, 1.165) is 19.3 Å². The van der Waals surface area contributed by atoms with Gasteiger partial charge in [0.15, 0.2) is 0 Å². The zero-order valence-electron chi connectivity index (χ0n) is 20.3. The van der Waals surface area contributed by atoms with Crippen molar-refractivity contribution in [2.24, 2.45) is 11.8 Å². The lowest BCUT2D eigenvalue weighted by Crippen LogP contribution is -2.46. The van der Waals surface area contributed by atoms with Crippen LogP contribution in [0.25, 0.3) is 0 Å². The average Bonchev–Trinajstić information content (AvgIpc) is 2.69. The van der Waals surface area contributed by atoms with E-state index in [-0.39, 0.29) is 11.1 Å². The standard InChI is InChI=1S/C26H38N2O4/c1-17(2)10-7-13-26(21-12-8-14-27-16-21)22(24(29)30)19(5)28(15-9-11-18(3)4)20(6)23(26)25(31)32/h8,12,14,16-18H,7,9-11,13,15H2,1-6H3,(H,29,30)(H,31,32). The molecule has 32 heavy (non-hydrogen) atoms. The highest BCUT2D eigenvalue weighted by Gasteiger charge is 2.51. The Bertz CT molecular complexity index is 846. The summed E-state index contributed by atoms with van der Waals surface area (Å²) in [5.74, 6) is -1.18. The van der Waals surface area contributed by atoms with Gasteiger partial charge in [-0.05, 0) is 56.6 Å². The van der Waals surface area contributed by atoms with Crippen molar-refractivity contribution >= 4 is 11.9 Å². The molecule has 0 fully saturated rings. The van der Waals surface area contributed by atoms with Gasteiger partial charge < -0.3 is 15.1 Å².